The van der Waals surface area contributed by atoms with Crippen molar-refractivity contribution >= 4 is 5.97 Å². The molecule has 64 valence electrons. The molecule has 1 N–H and O–H groups in total. The van der Waals surface area contributed by atoms with Crippen LogP contribution in [0.1, 0.15) is 10.4 Å². The first kappa shape index (κ1) is 8.51. The second kappa shape index (κ2) is 2.80. The average molecular weight is 177 g/mol. The molecule has 0 radical (unpaired) electrons. The number of aromatic nitrogens is 1. The van der Waals surface area contributed by atoms with Crippen molar-refractivity contribution in [2.45, 2.75) is 0 Å². The highest BCUT2D eigenvalue weighted by Crippen LogP contribution is 2.12. The highest BCUT2D eigenvalue weighted by Gasteiger charge is 2.20. The van der Waals surface area contributed by atoms with E-state index in [1.165, 1.54) is 0 Å². The zero-order valence-corrected chi connectivity index (χ0v) is 5.51. The first-order valence-corrected chi connectivity index (χ1v) is 2.77. The minimum atomic E-state index is -1.89. The van der Waals surface area contributed by atoms with E-state index in [-0.39, 0.29) is 6.20 Å². The van der Waals surface area contributed by atoms with Crippen molar-refractivity contribution in [1.29, 1.82) is 0 Å². The third-order valence-corrected chi connectivity index (χ3v) is 1.14. The van der Waals surface area contributed by atoms with E-state index in [1.807, 2.05) is 0 Å². The molecular formula is C6H2F3NO2. The van der Waals surface area contributed by atoms with Crippen molar-refractivity contribution in [2.24, 2.45) is 0 Å². The molecule has 0 aliphatic rings. The van der Waals surface area contributed by atoms with Crippen molar-refractivity contribution in [3.05, 3.63) is 29.3 Å². The van der Waals surface area contributed by atoms with Gasteiger partial charge in [-0.15, -0.1) is 0 Å². The molecule has 1 aromatic rings. The van der Waals surface area contributed by atoms with E-state index in [9.17, 15) is 18.0 Å². The van der Waals surface area contributed by atoms with Gasteiger partial charge in [-0.2, -0.15) is 4.39 Å². The molecule has 0 spiro atoms. The van der Waals surface area contributed by atoms with Crippen LogP contribution in [0.5, 0.6) is 0 Å². The van der Waals surface area contributed by atoms with Crippen LogP contribution < -0.4 is 0 Å². The number of halogens is 3. The number of nitrogens with zero attached hydrogens (tertiary/aromatic N) is 1. The van der Waals surface area contributed by atoms with Crippen LogP contribution in [0, 0.1) is 17.6 Å². The van der Waals surface area contributed by atoms with Gasteiger partial charge in [-0.1, -0.05) is 0 Å². The summed E-state index contributed by atoms with van der Waals surface area (Å²) in [6, 6.07) is 0. The van der Waals surface area contributed by atoms with Gasteiger partial charge in [0.05, 0.1) is 6.20 Å². The van der Waals surface area contributed by atoms with E-state index in [2.05, 4.69) is 4.98 Å². The summed E-state index contributed by atoms with van der Waals surface area (Å²) in [6.45, 7) is 0. The predicted molar refractivity (Wildman–Crippen MR) is 31.1 cm³/mol. The van der Waals surface area contributed by atoms with E-state index in [0.717, 1.165) is 0 Å². The molecule has 0 bridgehead atoms. The van der Waals surface area contributed by atoms with Crippen molar-refractivity contribution < 1.29 is 23.1 Å². The van der Waals surface area contributed by atoms with Gasteiger partial charge in [-0.05, 0) is 0 Å². The Morgan fingerprint density at radius 1 is 1.42 bits per heavy atom. The van der Waals surface area contributed by atoms with Gasteiger partial charge in [-0.3, -0.25) is 0 Å². The van der Waals surface area contributed by atoms with Crippen molar-refractivity contribution in [3.63, 3.8) is 0 Å². The van der Waals surface area contributed by atoms with Crippen LogP contribution in [-0.2, 0) is 0 Å². The molecule has 12 heavy (non-hydrogen) atoms. The number of carboxylic acids is 1. The van der Waals surface area contributed by atoms with Gasteiger partial charge in [0.2, 0.25) is 5.95 Å². The van der Waals surface area contributed by atoms with Crippen LogP contribution in [0.25, 0.3) is 0 Å². The second-order valence-electron chi connectivity index (χ2n) is 1.89. The summed E-state index contributed by atoms with van der Waals surface area (Å²) in [7, 11) is 0. The van der Waals surface area contributed by atoms with E-state index >= 15 is 0 Å². The molecule has 0 saturated carbocycles. The Balaban J connectivity index is 3.43. The number of hydrogen-bond donors (Lipinski definition) is 1. The molecule has 0 saturated heterocycles. The van der Waals surface area contributed by atoms with Crippen LogP contribution in [0.3, 0.4) is 0 Å². The zero-order valence-electron chi connectivity index (χ0n) is 5.51. The number of carbonyl (C=O) groups is 1. The Bertz CT molecular complexity index is 340. The summed E-state index contributed by atoms with van der Waals surface area (Å²) in [6.07, 6.45) is 0.275. The van der Waals surface area contributed by atoms with Gasteiger partial charge >= 0.3 is 5.97 Å². The molecule has 0 amide bonds. The Morgan fingerprint density at radius 2 is 2.00 bits per heavy atom. The molecule has 0 aliphatic heterocycles. The average Bonchev–Trinajstić information content (AvgIpc) is 1.97. The Hall–Kier alpha value is -1.59. The Labute approximate surface area is 64.5 Å². The van der Waals surface area contributed by atoms with Gasteiger partial charge in [0.15, 0.2) is 17.2 Å². The maximum atomic E-state index is 12.5. The third-order valence-electron chi connectivity index (χ3n) is 1.14. The lowest BCUT2D eigenvalue weighted by Gasteiger charge is -1.97. The van der Waals surface area contributed by atoms with Gasteiger partial charge in [0.1, 0.15) is 0 Å². The molecule has 3 nitrogen and oxygen atoms in total. The van der Waals surface area contributed by atoms with Crippen LogP contribution in [0.4, 0.5) is 13.2 Å². The normalized spacial score (nSPS) is 9.92. The van der Waals surface area contributed by atoms with Gasteiger partial charge in [0, 0.05) is 0 Å². The minimum Gasteiger partial charge on any atom is -0.477 e. The van der Waals surface area contributed by atoms with Crippen LogP contribution >= 0.6 is 0 Å². The zero-order chi connectivity index (χ0) is 9.30. The molecule has 0 unspecified atom stereocenters. The van der Waals surface area contributed by atoms with Crippen molar-refractivity contribution in [3.8, 4) is 0 Å². The maximum absolute atomic E-state index is 12.5. The summed E-state index contributed by atoms with van der Waals surface area (Å²) >= 11 is 0. The summed E-state index contributed by atoms with van der Waals surface area (Å²) in [5, 5.41) is 8.18. The summed E-state index contributed by atoms with van der Waals surface area (Å²) < 4.78 is 37.1. The monoisotopic (exact) mass is 177 g/mol. The van der Waals surface area contributed by atoms with Crippen LogP contribution in [0.15, 0.2) is 6.20 Å². The molecule has 6 heteroatoms. The first-order chi connectivity index (χ1) is 5.54. The topological polar surface area (TPSA) is 50.2 Å². The van der Waals surface area contributed by atoms with E-state index < -0.39 is 29.1 Å². The van der Waals surface area contributed by atoms with Crippen LogP contribution in [0.2, 0.25) is 0 Å². The van der Waals surface area contributed by atoms with E-state index in [4.69, 9.17) is 5.11 Å². The van der Waals surface area contributed by atoms with Crippen molar-refractivity contribution in [1.82, 2.24) is 4.98 Å². The molecular weight excluding hydrogens is 175 g/mol. The Morgan fingerprint density at radius 3 is 2.42 bits per heavy atom. The maximum Gasteiger partial charge on any atom is 0.343 e. The lowest BCUT2D eigenvalue weighted by atomic mass is 10.2. The minimum absolute atomic E-state index is 0.275. The van der Waals surface area contributed by atoms with Gasteiger partial charge < -0.3 is 5.11 Å². The quantitative estimate of drug-likeness (QED) is 0.655. The number of aromatic carboxylic acids is 1. The van der Waals surface area contributed by atoms with Crippen molar-refractivity contribution in [2.75, 3.05) is 0 Å². The lowest BCUT2D eigenvalue weighted by Crippen LogP contribution is -2.08. The first-order valence-electron chi connectivity index (χ1n) is 2.77. The molecule has 0 aromatic carbocycles. The summed E-state index contributed by atoms with van der Waals surface area (Å²) in [4.78, 5) is 12.8. The highest BCUT2D eigenvalue weighted by molar-refractivity contribution is 5.87. The van der Waals surface area contributed by atoms with E-state index in [0.29, 0.717) is 0 Å². The molecule has 1 aromatic heterocycles. The van der Waals surface area contributed by atoms with E-state index in [1.54, 1.807) is 0 Å². The fourth-order valence-corrected chi connectivity index (χ4v) is 0.627. The molecule has 1 rings (SSSR count). The van der Waals surface area contributed by atoms with Gasteiger partial charge in [0.25, 0.3) is 0 Å². The molecule has 0 fully saturated rings. The SMILES string of the molecule is O=C(O)c1c(F)ncc(F)c1F. The van der Waals surface area contributed by atoms with Gasteiger partial charge in [-0.25, -0.2) is 18.6 Å². The molecule has 0 atom stereocenters. The smallest absolute Gasteiger partial charge is 0.343 e. The third kappa shape index (κ3) is 1.23. The fraction of sp³-hybridized carbons (Fsp3) is 0. The largest absolute Gasteiger partial charge is 0.477 e. The summed E-state index contributed by atoms with van der Waals surface area (Å²) in [5.41, 5.74) is -1.38. The van der Waals surface area contributed by atoms with Crippen LogP contribution in [-0.4, -0.2) is 16.1 Å². The number of rotatable bonds is 1. The number of hydrogen-bond acceptors (Lipinski definition) is 2. The second-order valence-corrected chi connectivity index (χ2v) is 1.89. The highest BCUT2D eigenvalue weighted by atomic mass is 19.2. The number of pyridine rings is 1. The Kier molecular flexibility index (Phi) is 1.99. The molecule has 0 aliphatic carbocycles. The predicted octanol–water partition coefficient (Wildman–Crippen LogP) is 1.20. The lowest BCUT2D eigenvalue weighted by molar-refractivity contribution is 0.0683. The number of carboxylic acid groups (broad SMARTS) is 1. The summed E-state index contributed by atoms with van der Waals surface area (Å²) in [5.74, 6) is -6.66. The fourth-order valence-electron chi connectivity index (χ4n) is 0.627. The molecule has 1 heterocycles. The standard InChI is InChI=1S/C6H2F3NO2/c7-2-1-10-5(9)3(4(2)8)6(11)12/h1H,(H,11,12).